The van der Waals surface area contributed by atoms with E-state index in [0.29, 0.717) is 49.4 Å². The van der Waals surface area contributed by atoms with Gasteiger partial charge in [-0.05, 0) is 44.2 Å². The molecule has 2 amide bonds. The number of aromatic nitrogens is 1. The maximum Gasteiger partial charge on any atom is 0.289 e. The maximum absolute atomic E-state index is 13.8. The number of nitrogens with one attached hydrogen (secondary N) is 3. The summed E-state index contributed by atoms with van der Waals surface area (Å²) in [5.41, 5.74) is -1.09. The highest BCUT2D eigenvalue weighted by Crippen LogP contribution is 2.32. The second-order valence-electron chi connectivity index (χ2n) is 10.6. The minimum atomic E-state index is -4.13. The maximum atomic E-state index is 13.8. The molecule has 1 aromatic carbocycles. The van der Waals surface area contributed by atoms with Crippen molar-refractivity contribution in [1.29, 1.82) is 0 Å². The molecule has 2 aliphatic carbocycles. The lowest BCUT2D eigenvalue weighted by molar-refractivity contribution is -0.141. The molecule has 3 N–H and O–H groups in total. The first-order valence-corrected chi connectivity index (χ1v) is 15.3. The highest BCUT2D eigenvalue weighted by molar-refractivity contribution is 7.89. The van der Waals surface area contributed by atoms with E-state index in [1.165, 1.54) is 12.3 Å². The zero-order valence-corrected chi connectivity index (χ0v) is 22.8. The molecule has 1 aromatic heterocycles. The Morgan fingerprint density at radius 3 is 2.45 bits per heavy atom. The largest absolute Gasteiger partial charge is 0.347 e. The van der Waals surface area contributed by atoms with Gasteiger partial charge in [-0.3, -0.25) is 19.4 Å². The van der Waals surface area contributed by atoms with Gasteiger partial charge in [-0.25, -0.2) is 8.42 Å². The number of nitrogens with zero attached hydrogens (tertiary/aromatic N) is 1. The number of unbranched alkanes of at least 4 members (excludes halogenated alkanes) is 1. The zero-order valence-electron chi connectivity index (χ0n) is 22.0. The fourth-order valence-electron chi connectivity index (χ4n) is 5.59. The zero-order chi connectivity index (χ0) is 27.2. The van der Waals surface area contributed by atoms with Crippen molar-refractivity contribution in [2.45, 2.75) is 106 Å². The number of sulfonamides is 1. The second kappa shape index (κ2) is 12.3. The Kier molecular flexibility index (Phi) is 9.15. The van der Waals surface area contributed by atoms with Crippen LogP contribution in [0.1, 0.15) is 84.0 Å². The van der Waals surface area contributed by atoms with Gasteiger partial charge in [0.05, 0.1) is 11.6 Å². The van der Waals surface area contributed by atoms with Gasteiger partial charge in [0, 0.05) is 17.6 Å². The van der Waals surface area contributed by atoms with Crippen LogP contribution < -0.4 is 15.4 Å². The number of pyridine rings is 1. The number of benzene rings is 1. The number of hydrogen-bond donors (Lipinski definition) is 3. The van der Waals surface area contributed by atoms with Crippen LogP contribution in [0.5, 0.6) is 0 Å². The van der Waals surface area contributed by atoms with E-state index < -0.39 is 39.2 Å². The van der Waals surface area contributed by atoms with Crippen molar-refractivity contribution >= 4 is 38.5 Å². The molecular weight excluding hydrogens is 504 g/mol. The van der Waals surface area contributed by atoms with E-state index in [9.17, 15) is 22.8 Å². The van der Waals surface area contributed by atoms with Crippen LogP contribution in [-0.4, -0.2) is 48.6 Å². The number of fused-ring (bicyclic) bond motifs is 1. The molecule has 4 rings (SSSR count). The standard InChI is InChI=1S/C28H38N4O5S/c1-2-3-15-22(25(33)26(34)30-21-13-5-6-14-21)31-27(35)28(17-7-4-8-18-28)32-38(36,37)23-16-9-11-20-12-10-19-29-24(20)23/h9-12,16,19,21-22,32H,2-8,13-15,17-18H2,1H3,(H,30,34)(H,31,35). The molecule has 2 aromatic rings. The minimum absolute atomic E-state index is 0.00268. The molecule has 0 aliphatic heterocycles. The molecule has 2 aliphatic rings. The molecule has 10 heteroatoms. The van der Waals surface area contributed by atoms with Crippen LogP contribution in [-0.2, 0) is 24.4 Å². The molecular formula is C28H38N4O5S. The number of carbonyl (C=O) groups excluding carboxylic acids is 3. The fraction of sp³-hybridized carbons (Fsp3) is 0.571. The summed E-state index contributed by atoms with van der Waals surface area (Å²) in [4.78, 5) is 44.0. The minimum Gasteiger partial charge on any atom is -0.347 e. The molecule has 0 saturated heterocycles. The average molecular weight is 543 g/mol. The normalized spacial score (nSPS) is 18.7. The first-order chi connectivity index (χ1) is 18.3. The van der Waals surface area contributed by atoms with E-state index in [0.717, 1.165) is 38.5 Å². The monoisotopic (exact) mass is 542 g/mol. The Morgan fingerprint density at radius 2 is 1.74 bits per heavy atom. The van der Waals surface area contributed by atoms with Crippen LogP contribution in [0, 0.1) is 0 Å². The van der Waals surface area contributed by atoms with Crippen LogP contribution >= 0.6 is 0 Å². The van der Waals surface area contributed by atoms with Crippen molar-refractivity contribution in [3.63, 3.8) is 0 Å². The van der Waals surface area contributed by atoms with Gasteiger partial charge in [-0.15, -0.1) is 0 Å². The average Bonchev–Trinajstić information content (AvgIpc) is 3.43. The number of rotatable bonds is 11. The number of Topliss-reactive ketones (excluding diaryl/α,β-unsaturated/α-hetero) is 1. The van der Waals surface area contributed by atoms with Crippen LogP contribution in [0.3, 0.4) is 0 Å². The molecule has 0 spiro atoms. The van der Waals surface area contributed by atoms with Crippen molar-refractivity contribution in [2.75, 3.05) is 0 Å². The number of hydrogen-bond acceptors (Lipinski definition) is 6. The molecule has 1 atom stereocenters. The molecule has 1 unspecified atom stereocenters. The number of carbonyl (C=O) groups is 3. The van der Waals surface area contributed by atoms with Crippen molar-refractivity contribution in [3.05, 3.63) is 36.5 Å². The molecule has 0 bridgehead atoms. The lowest BCUT2D eigenvalue weighted by Gasteiger charge is -2.37. The summed E-state index contributed by atoms with van der Waals surface area (Å²) in [7, 11) is -4.13. The third-order valence-electron chi connectivity index (χ3n) is 7.74. The summed E-state index contributed by atoms with van der Waals surface area (Å²) in [6.07, 6.45) is 9.83. The van der Waals surface area contributed by atoms with E-state index in [4.69, 9.17) is 0 Å². The first kappa shape index (κ1) is 28.2. The quantitative estimate of drug-likeness (QED) is 0.372. The first-order valence-electron chi connectivity index (χ1n) is 13.8. The molecule has 1 heterocycles. The summed E-state index contributed by atoms with van der Waals surface area (Å²) in [6, 6.07) is 7.40. The molecule has 0 radical (unpaired) electrons. The van der Waals surface area contributed by atoms with Crippen molar-refractivity contribution in [2.24, 2.45) is 0 Å². The van der Waals surface area contributed by atoms with Crippen LogP contribution in [0.2, 0.25) is 0 Å². The highest BCUT2D eigenvalue weighted by Gasteiger charge is 2.45. The lowest BCUT2D eigenvalue weighted by atomic mass is 9.81. The second-order valence-corrected chi connectivity index (χ2v) is 12.2. The Morgan fingerprint density at radius 1 is 1.03 bits per heavy atom. The van der Waals surface area contributed by atoms with Gasteiger partial charge in [-0.1, -0.05) is 70.1 Å². The van der Waals surface area contributed by atoms with E-state index in [-0.39, 0.29) is 10.9 Å². The van der Waals surface area contributed by atoms with Crippen LogP contribution in [0.25, 0.3) is 10.9 Å². The number of amides is 2. The van der Waals surface area contributed by atoms with Gasteiger partial charge in [0.25, 0.3) is 5.91 Å². The van der Waals surface area contributed by atoms with Crippen molar-refractivity contribution in [1.82, 2.24) is 20.3 Å². The lowest BCUT2D eigenvalue weighted by Crippen LogP contribution is -2.62. The van der Waals surface area contributed by atoms with Crippen molar-refractivity contribution < 1.29 is 22.8 Å². The van der Waals surface area contributed by atoms with Gasteiger partial charge in [0.1, 0.15) is 10.4 Å². The van der Waals surface area contributed by atoms with Crippen LogP contribution in [0.4, 0.5) is 0 Å². The molecule has 206 valence electrons. The van der Waals surface area contributed by atoms with Gasteiger partial charge in [0.15, 0.2) is 0 Å². The third-order valence-corrected chi connectivity index (χ3v) is 9.31. The Bertz CT molecular complexity index is 1260. The topological polar surface area (TPSA) is 134 Å². The van der Waals surface area contributed by atoms with Gasteiger partial charge in [0.2, 0.25) is 21.7 Å². The Hall–Kier alpha value is -2.85. The van der Waals surface area contributed by atoms with Crippen molar-refractivity contribution in [3.8, 4) is 0 Å². The summed E-state index contributed by atoms with van der Waals surface area (Å²) >= 11 is 0. The number of para-hydroxylation sites is 1. The Labute approximate surface area is 224 Å². The predicted octanol–water partition coefficient (Wildman–Crippen LogP) is 3.52. The Balaban J connectivity index is 1.57. The summed E-state index contributed by atoms with van der Waals surface area (Å²) in [5.74, 6) is -1.92. The molecule has 2 saturated carbocycles. The van der Waals surface area contributed by atoms with E-state index in [1.807, 2.05) is 6.92 Å². The molecule has 9 nitrogen and oxygen atoms in total. The van der Waals surface area contributed by atoms with Gasteiger partial charge >= 0.3 is 0 Å². The SMILES string of the molecule is CCCCC(NC(=O)C1(NS(=O)(=O)c2cccc3cccnc23)CCCCC1)C(=O)C(=O)NC1CCCC1. The summed E-state index contributed by atoms with van der Waals surface area (Å²) in [6.45, 7) is 1.97. The van der Waals surface area contributed by atoms with Gasteiger partial charge < -0.3 is 10.6 Å². The van der Waals surface area contributed by atoms with E-state index in [1.54, 1.807) is 24.3 Å². The summed E-state index contributed by atoms with van der Waals surface area (Å²) < 4.78 is 30.0. The highest BCUT2D eigenvalue weighted by atomic mass is 32.2. The smallest absolute Gasteiger partial charge is 0.289 e. The summed E-state index contributed by atoms with van der Waals surface area (Å²) in [5, 5.41) is 6.28. The molecule has 2 fully saturated rings. The predicted molar refractivity (Wildman–Crippen MR) is 145 cm³/mol. The fourth-order valence-corrected chi connectivity index (χ4v) is 7.20. The van der Waals surface area contributed by atoms with E-state index in [2.05, 4.69) is 20.3 Å². The molecule has 38 heavy (non-hydrogen) atoms. The van der Waals surface area contributed by atoms with Gasteiger partial charge in [-0.2, -0.15) is 4.72 Å². The van der Waals surface area contributed by atoms with E-state index >= 15 is 0 Å². The third kappa shape index (κ3) is 6.40. The number of ketones is 1. The van der Waals surface area contributed by atoms with Crippen LogP contribution in [0.15, 0.2) is 41.4 Å².